The number of nitrogens with zero attached hydrogens (tertiary/aromatic N) is 1. The largest absolute Gasteiger partial charge is 0.535 e. The molecule has 170 valence electrons. The average molecular weight is 430 g/mol. The van der Waals surface area contributed by atoms with Crippen molar-refractivity contribution < 1.29 is 24.4 Å². The molecule has 2 aliphatic heterocycles. The Balaban J connectivity index is 1.42. The lowest BCUT2D eigenvalue weighted by molar-refractivity contribution is -0.120. The van der Waals surface area contributed by atoms with Crippen LogP contribution in [0.25, 0.3) is 0 Å². The molecule has 0 aromatic heterocycles. The number of aromatic carboxylic acids is 1. The molecule has 0 aliphatic carbocycles. The normalized spacial score (nSPS) is 19.9. The van der Waals surface area contributed by atoms with Gasteiger partial charge < -0.3 is 20.1 Å². The van der Waals surface area contributed by atoms with Crippen LogP contribution in [0.4, 0.5) is 0 Å². The second-order valence-corrected chi connectivity index (χ2v) is 9.36. The predicted octanol–water partition coefficient (Wildman–Crippen LogP) is 2.62. The van der Waals surface area contributed by atoms with Gasteiger partial charge in [-0.1, -0.05) is 26.0 Å². The fraction of sp³-hybridized carbons (Fsp3) is 0.652. The van der Waals surface area contributed by atoms with Crippen molar-refractivity contribution in [3.05, 3.63) is 29.3 Å². The van der Waals surface area contributed by atoms with Gasteiger partial charge in [-0.3, -0.25) is 9.69 Å². The summed E-state index contributed by atoms with van der Waals surface area (Å²) in [4.78, 5) is 26.2. The average Bonchev–Trinajstić information content (AvgIpc) is 2.72. The molecule has 31 heavy (non-hydrogen) atoms. The number of ketones is 1. The Morgan fingerprint density at radius 2 is 2.03 bits per heavy atom. The molecular formula is C23H35BN2O5. The van der Waals surface area contributed by atoms with E-state index in [4.69, 9.17) is 4.65 Å². The number of benzene rings is 1. The van der Waals surface area contributed by atoms with E-state index in [-0.39, 0.29) is 29.3 Å². The molecule has 0 radical (unpaired) electrons. The number of rotatable bonds is 10. The minimum atomic E-state index is -1.17. The third-order valence-corrected chi connectivity index (χ3v) is 6.32. The van der Waals surface area contributed by atoms with Gasteiger partial charge in [-0.05, 0) is 56.2 Å². The van der Waals surface area contributed by atoms with Gasteiger partial charge in [-0.25, -0.2) is 4.79 Å². The lowest BCUT2D eigenvalue weighted by Gasteiger charge is -2.33. The maximum absolute atomic E-state index is 12.7. The standard InChI is InChI=1S/C23H35BN2O5/c1-16(2)5-4-10-25-19-8-11-26(12-9-19)15-20(27)14-18-13-17-6-3-7-21(23(28)29)22(17)31-24(18)30/h3,6-7,16,18-19,25,30H,4-5,8-15H2,1-2H3,(H,28,29)/t18-/m1/s1. The van der Waals surface area contributed by atoms with Crippen molar-refractivity contribution in [2.75, 3.05) is 26.2 Å². The van der Waals surface area contributed by atoms with E-state index in [1.165, 1.54) is 18.9 Å². The highest BCUT2D eigenvalue weighted by Crippen LogP contribution is 2.36. The van der Waals surface area contributed by atoms with Gasteiger partial charge in [0, 0.05) is 31.4 Å². The highest BCUT2D eigenvalue weighted by Gasteiger charge is 2.38. The first kappa shape index (κ1) is 23.8. The monoisotopic (exact) mass is 430 g/mol. The Morgan fingerprint density at radius 1 is 1.29 bits per heavy atom. The molecule has 1 aromatic carbocycles. The molecule has 0 amide bonds. The number of piperidine rings is 1. The number of fused-ring (bicyclic) bond motifs is 1. The number of likely N-dealkylation sites (tertiary alicyclic amines) is 1. The van der Waals surface area contributed by atoms with Gasteiger partial charge in [0.15, 0.2) is 0 Å². The molecule has 0 bridgehead atoms. The molecule has 8 heteroatoms. The number of Topliss-reactive ketones (excluding diaryl/α,β-unsaturated/α-hetero) is 1. The van der Waals surface area contributed by atoms with E-state index < -0.39 is 13.1 Å². The first-order chi connectivity index (χ1) is 14.8. The minimum Gasteiger partial charge on any atom is -0.535 e. The van der Waals surface area contributed by atoms with E-state index in [0.717, 1.165) is 44.0 Å². The summed E-state index contributed by atoms with van der Waals surface area (Å²) in [6, 6.07) is 5.46. The van der Waals surface area contributed by atoms with Gasteiger partial charge in [-0.15, -0.1) is 0 Å². The van der Waals surface area contributed by atoms with Crippen LogP contribution in [0.5, 0.6) is 5.75 Å². The number of para-hydroxylation sites is 1. The summed E-state index contributed by atoms with van der Waals surface area (Å²) < 4.78 is 5.50. The number of carboxylic acids is 1. The van der Waals surface area contributed by atoms with Gasteiger partial charge in [0.25, 0.3) is 0 Å². The van der Waals surface area contributed by atoms with Gasteiger partial charge in [0.05, 0.1) is 12.1 Å². The zero-order valence-electron chi connectivity index (χ0n) is 18.7. The molecule has 1 atom stereocenters. The zero-order chi connectivity index (χ0) is 22.4. The van der Waals surface area contributed by atoms with Crippen molar-refractivity contribution in [3.63, 3.8) is 0 Å². The van der Waals surface area contributed by atoms with Crippen LogP contribution in [0.3, 0.4) is 0 Å². The SMILES string of the molecule is CC(C)CCCNC1CCN(CC(=O)C[C@H]2Cc3cccc(C(=O)O)c3OB2O)CC1. The molecule has 2 heterocycles. The number of carbonyl (C=O) groups is 2. The molecule has 3 N–H and O–H groups in total. The predicted molar refractivity (Wildman–Crippen MR) is 121 cm³/mol. The van der Waals surface area contributed by atoms with Crippen LogP contribution in [0, 0.1) is 5.92 Å². The molecule has 3 rings (SSSR count). The van der Waals surface area contributed by atoms with E-state index in [1.54, 1.807) is 12.1 Å². The molecule has 1 aromatic rings. The van der Waals surface area contributed by atoms with Crippen molar-refractivity contribution in [1.82, 2.24) is 10.2 Å². The summed E-state index contributed by atoms with van der Waals surface area (Å²) in [5, 5.41) is 23.3. The quantitative estimate of drug-likeness (QED) is 0.388. The molecule has 0 spiro atoms. The topological polar surface area (TPSA) is 99.1 Å². The first-order valence-electron chi connectivity index (χ1n) is 11.5. The number of carboxylic acid groups (broad SMARTS) is 1. The highest BCUT2D eigenvalue weighted by molar-refractivity contribution is 6.47. The van der Waals surface area contributed by atoms with Crippen molar-refractivity contribution in [3.8, 4) is 5.75 Å². The van der Waals surface area contributed by atoms with Gasteiger partial charge in [-0.2, -0.15) is 0 Å². The third kappa shape index (κ3) is 6.79. The number of hydrogen-bond acceptors (Lipinski definition) is 6. The van der Waals surface area contributed by atoms with Crippen LogP contribution in [-0.2, 0) is 11.2 Å². The highest BCUT2D eigenvalue weighted by atomic mass is 16.5. The van der Waals surface area contributed by atoms with E-state index in [2.05, 4.69) is 24.1 Å². The smallest absolute Gasteiger partial charge is 0.526 e. The summed E-state index contributed by atoms with van der Waals surface area (Å²) >= 11 is 0. The summed E-state index contributed by atoms with van der Waals surface area (Å²) in [7, 11) is -1.17. The fourth-order valence-electron chi connectivity index (χ4n) is 4.54. The molecule has 0 unspecified atom stereocenters. The second kappa shape index (κ2) is 11.1. The number of hydrogen-bond donors (Lipinski definition) is 3. The lowest BCUT2D eigenvalue weighted by atomic mass is 9.64. The zero-order valence-corrected chi connectivity index (χ0v) is 18.7. The van der Waals surface area contributed by atoms with E-state index in [1.807, 2.05) is 0 Å². The van der Waals surface area contributed by atoms with E-state index >= 15 is 0 Å². The summed E-state index contributed by atoms with van der Waals surface area (Å²) in [5.74, 6) is -0.390. The van der Waals surface area contributed by atoms with Crippen LogP contribution >= 0.6 is 0 Å². The summed E-state index contributed by atoms with van der Waals surface area (Å²) in [6.45, 7) is 7.77. The van der Waals surface area contributed by atoms with Crippen LogP contribution in [0.1, 0.15) is 61.9 Å². The van der Waals surface area contributed by atoms with Crippen LogP contribution in [0.15, 0.2) is 18.2 Å². The van der Waals surface area contributed by atoms with Crippen molar-refractivity contribution in [1.29, 1.82) is 0 Å². The number of carbonyl (C=O) groups excluding carboxylic acids is 1. The van der Waals surface area contributed by atoms with Crippen LogP contribution < -0.4 is 9.97 Å². The summed E-state index contributed by atoms with van der Waals surface area (Å²) in [5.41, 5.74) is 0.773. The minimum absolute atomic E-state index is 0.0435. The molecule has 1 fully saturated rings. The van der Waals surface area contributed by atoms with Gasteiger partial charge >= 0.3 is 13.1 Å². The molecule has 7 nitrogen and oxygen atoms in total. The van der Waals surface area contributed by atoms with Crippen molar-refractivity contribution in [2.45, 2.75) is 64.2 Å². The molecular weight excluding hydrogens is 395 g/mol. The third-order valence-electron chi connectivity index (χ3n) is 6.32. The van der Waals surface area contributed by atoms with Crippen LogP contribution in [0.2, 0.25) is 5.82 Å². The summed E-state index contributed by atoms with van der Waals surface area (Å²) in [6.07, 6.45) is 5.22. The second-order valence-electron chi connectivity index (χ2n) is 9.36. The number of nitrogens with one attached hydrogen (secondary N) is 1. The maximum atomic E-state index is 12.7. The molecule has 0 saturated carbocycles. The Hall–Kier alpha value is -1.90. The Bertz CT molecular complexity index is 764. The van der Waals surface area contributed by atoms with Crippen molar-refractivity contribution >= 4 is 18.9 Å². The van der Waals surface area contributed by atoms with Gasteiger partial charge in [0.2, 0.25) is 0 Å². The fourth-order valence-corrected chi connectivity index (χ4v) is 4.54. The Kier molecular flexibility index (Phi) is 8.52. The van der Waals surface area contributed by atoms with Gasteiger partial charge in [0.1, 0.15) is 11.5 Å². The van der Waals surface area contributed by atoms with E-state index in [0.29, 0.717) is 19.0 Å². The Morgan fingerprint density at radius 3 is 2.71 bits per heavy atom. The van der Waals surface area contributed by atoms with Crippen molar-refractivity contribution in [2.24, 2.45) is 5.92 Å². The molecule has 1 saturated heterocycles. The lowest BCUT2D eigenvalue weighted by Crippen LogP contribution is -2.45. The Labute approximate surface area is 185 Å². The molecule has 2 aliphatic rings. The van der Waals surface area contributed by atoms with Crippen LogP contribution in [-0.4, -0.2) is 66.1 Å². The van der Waals surface area contributed by atoms with E-state index in [9.17, 15) is 19.7 Å². The maximum Gasteiger partial charge on any atom is 0.526 e. The first-order valence-corrected chi connectivity index (χ1v) is 11.5.